The number of nitrogens with two attached hydrogens (primary N) is 1. The summed E-state index contributed by atoms with van der Waals surface area (Å²) in [5.74, 6) is -1.26. The number of halogens is 1. The van der Waals surface area contributed by atoms with Gasteiger partial charge in [-0.25, -0.2) is 9.18 Å². The predicted molar refractivity (Wildman–Crippen MR) is 104 cm³/mol. The van der Waals surface area contributed by atoms with Crippen molar-refractivity contribution < 1.29 is 19.0 Å². The van der Waals surface area contributed by atoms with E-state index in [1.165, 1.54) is 16.7 Å². The SMILES string of the molecule is C[C@@H]1CN(c2c(F)cc3cc(C(=O)O)c(=O)n4c3c2OC[C@@H]4C)C[C@@]1(C)CN. The van der Waals surface area contributed by atoms with Gasteiger partial charge in [0.05, 0.1) is 11.6 Å². The van der Waals surface area contributed by atoms with Crippen LogP contribution in [-0.2, 0) is 0 Å². The first-order chi connectivity index (χ1) is 13.2. The van der Waals surface area contributed by atoms with Gasteiger partial charge in [-0.3, -0.25) is 9.36 Å². The van der Waals surface area contributed by atoms with Crippen LogP contribution < -0.4 is 20.9 Å². The summed E-state index contributed by atoms with van der Waals surface area (Å²) in [6.45, 7) is 7.81. The lowest BCUT2D eigenvalue weighted by Crippen LogP contribution is -2.36. The molecule has 2 aliphatic rings. The number of aromatic carboxylic acids is 1. The molecule has 8 heteroatoms. The maximum Gasteiger partial charge on any atom is 0.341 e. The minimum Gasteiger partial charge on any atom is -0.487 e. The predicted octanol–water partition coefficient (Wildman–Crippen LogP) is 2.21. The molecule has 0 unspecified atom stereocenters. The molecule has 0 bridgehead atoms. The van der Waals surface area contributed by atoms with Crippen LogP contribution in [0.15, 0.2) is 16.9 Å². The highest BCUT2D eigenvalue weighted by molar-refractivity contribution is 5.97. The number of benzene rings is 1. The summed E-state index contributed by atoms with van der Waals surface area (Å²) in [6, 6.07) is 2.16. The minimum atomic E-state index is -1.33. The molecule has 0 aliphatic carbocycles. The van der Waals surface area contributed by atoms with Gasteiger partial charge in [0.2, 0.25) is 0 Å². The van der Waals surface area contributed by atoms with Crippen molar-refractivity contribution in [3.63, 3.8) is 0 Å². The zero-order chi connectivity index (χ0) is 20.4. The first-order valence-corrected chi connectivity index (χ1v) is 9.41. The number of ether oxygens (including phenoxy) is 1. The molecule has 4 rings (SSSR count). The van der Waals surface area contributed by atoms with E-state index in [0.29, 0.717) is 42.0 Å². The lowest BCUT2D eigenvalue weighted by atomic mass is 9.81. The van der Waals surface area contributed by atoms with Gasteiger partial charge in [0.15, 0.2) is 11.6 Å². The average Bonchev–Trinajstić information content (AvgIpc) is 2.93. The number of rotatable bonds is 3. The van der Waals surface area contributed by atoms with E-state index in [-0.39, 0.29) is 29.5 Å². The Labute approximate surface area is 161 Å². The Morgan fingerprint density at radius 2 is 2.14 bits per heavy atom. The highest BCUT2D eigenvalue weighted by Gasteiger charge is 2.42. The van der Waals surface area contributed by atoms with Crippen molar-refractivity contribution in [3.05, 3.63) is 33.9 Å². The topological polar surface area (TPSA) is 97.8 Å². The highest BCUT2D eigenvalue weighted by Crippen LogP contribution is 2.46. The van der Waals surface area contributed by atoms with Crippen LogP contribution in [-0.4, -0.2) is 41.9 Å². The van der Waals surface area contributed by atoms with E-state index in [4.69, 9.17) is 10.5 Å². The van der Waals surface area contributed by atoms with Gasteiger partial charge in [-0.15, -0.1) is 0 Å². The summed E-state index contributed by atoms with van der Waals surface area (Å²) in [5, 5.41) is 9.71. The quantitative estimate of drug-likeness (QED) is 0.835. The summed E-state index contributed by atoms with van der Waals surface area (Å²) < 4.78 is 22.5. The lowest BCUT2D eigenvalue weighted by Gasteiger charge is -2.31. The van der Waals surface area contributed by atoms with Gasteiger partial charge in [0.25, 0.3) is 5.56 Å². The van der Waals surface area contributed by atoms with Gasteiger partial charge >= 0.3 is 5.97 Å². The van der Waals surface area contributed by atoms with E-state index in [1.807, 2.05) is 4.90 Å². The van der Waals surface area contributed by atoms with Crippen LogP contribution in [0.1, 0.15) is 37.2 Å². The Kier molecular flexibility index (Phi) is 4.15. The molecule has 0 radical (unpaired) electrons. The molecule has 0 saturated carbocycles. The Morgan fingerprint density at radius 3 is 2.75 bits per heavy atom. The van der Waals surface area contributed by atoms with Crippen molar-refractivity contribution in [2.24, 2.45) is 17.1 Å². The summed E-state index contributed by atoms with van der Waals surface area (Å²) >= 11 is 0. The van der Waals surface area contributed by atoms with Gasteiger partial charge in [0.1, 0.15) is 17.9 Å². The van der Waals surface area contributed by atoms with Crippen LogP contribution in [0.2, 0.25) is 0 Å². The molecular weight excluding hydrogens is 365 g/mol. The normalized spacial score (nSPS) is 26.5. The van der Waals surface area contributed by atoms with Crippen LogP contribution in [0.25, 0.3) is 10.9 Å². The van der Waals surface area contributed by atoms with Crippen LogP contribution in [0.3, 0.4) is 0 Å². The Morgan fingerprint density at radius 1 is 1.43 bits per heavy atom. The van der Waals surface area contributed by atoms with E-state index in [9.17, 15) is 14.7 Å². The second-order valence-corrected chi connectivity index (χ2v) is 8.31. The second kappa shape index (κ2) is 6.20. The molecule has 1 aromatic heterocycles. The number of nitrogens with zero attached hydrogens (tertiary/aromatic N) is 2. The average molecular weight is 389 g/mol. The molecule has 0 spiro atoms. The van der Waals surface area contributed by atoms with Crippen molar-refractivity contribution in [2.75, 3.05) is 31.1 Å². The summed E-state index contributed by atoms with van der Waals surface area (Å²) in [6.07, 6.45) is 0. The molecule has 3 atom stereocenters. The fraction of sp³-hybridized carbons (Fsp3) is 0.500. The number of carbonyl (C=O) groups is 1. The third-order valence-corrected chi connectivity index (χ3v) is 6.36. The van der Waals surface area contributed by atoms with Crippen LogP contribution in [0.5, 0.6) is 5.75 Å². The standard InChI is InChI=1S/C20H24FN3O4/c1-10-6-23(9-20(10,3)8-22)16-14(21)5-12-4-13(19(26)27)18(25)24-11(2)7-28-17(16)15(12)24/h4-5,10-11H,6-9,22H2,1-3H3,(H,26,27)/t10-,11+,20-/m1/s1. The maximum atomic E-state index is 15.2. The van der Waals surface area contributed by atoms with Crippen molar-refractivity contribution >= 4 is 22.6 Å². The first kappa shape index (κ1) is 18.7. The zero-order valence-electron chi connectivity index (χ0n) is 16.2. The Bertz CT molecular complexity index is 1050. The zero-order valence-corrected chi connectivity index (χ0v) is 16.2. The van der Waals surface area contributed by atoms with E-state index in [2.05, 4.69) is 13.8 Å². The smallest absolute Gasteiger partial charge is 0.341 e. The first-order valence-electron chi connectivity index (χ1n) is 9.41. The monoisotopic (exact) mass is 389 g/mol. The van der Waals surface area contributed by atoms with Crippen LogP contribution in [0, 0.1) is 17.2 Å². The van der Waals surface area contributed by atoms with E-state index in [0.717, 1.165) is 0 Å². The largest absolute Gasteiger partial charge is 0.487 e. The van der Waals surface area contributed by atoms with Gasteiger partial charge in [-0.05, 0) is 31.5 Å². The fourth-order valence-electron chi connectivity index (χ4n) is 4.36. The summed E-state index contributed by atoms with van der Waals surface area (Å²) in [5.41, 5.74) is 5.61. The Hall–Kier alpha value is -2.61. The molecule has 2 aliphatic heterocycles. The lowest BCUT2D eigenvalue weighted by molar-refractivity contribution is 0.0694. The van der Waals surface area contributed by atoms with Crippen molar-refractivity contribution in [2.45, 2.75) is 26.8 Å². The number of aromatic nitrogens is 1. The number of carboxylic acids is 1. The van der Waals surface area contributed by atoms with Gasteiger partial charge in [-0.2, -0.15) is 0 Å². The number of hydrogen-bond donors (Lipinski definition) is 2. The van der Waals surface area contributed by atoms with Gasteiger partial charge < -0.3 is 20.5 Å². The van der Waals surface area contributed by atoms with Gasteiger partial charge in [-0.1, -0.05) is 13.8 Å². The van der Waals surface area contributed by atoms with Crippen LogP contribution >= 0.6 is 0 Å². The molecular formula is C20H24FN3O4. The third kappa shape index (κ3) is 2.51. The second-order valence-electron chi connectivity index (χ2n) is 8.31. The number of anilines is 1. The molecule has 2 aromatic rings. The van der Waals surface area contributed by atoms with E-state index >= 15 is 4.39 Å². The summed E-state index contributed by atoms with van der Waals surface area (Å²) in [4.78, 5) is 26.2. The molecule has 1 aromatic carbocycles. The molecule has 150 valence electrons. The number of carboxylic acid groups (broad SMARTS) is 1. The molecule has 0 amide bonds. The molecule has 3 heterocycles. The van der Waals surface area contributed by atoms with Crippen molar-refractivity contribution in [1.82, 2.24) is 4.57 Å². The number of hydrogen-bond acceptors (Lipinski definition) is 5. The molecule has 3 N–H and O–H groups in total. The molecule has 1 saturated heterocycles. The Balaban J connectivity index is 1.99. The molecule has 1 fully saturated rings. The molecule has 7 nitrogen and oxygen atoms in total. The van der Waals surface area contributed by atoms with Crippen molar-refractivity contribution in [3.8, 4) is 5.75 Å². The van der Waals surface area contributed by atoms with Crippen LogP contribution in [0.4, 0.5) is 10.1 Å². The van der Waals surface area contributed by atoms with E-state index in [1.54, 1.807) is 6.92 Å². The summed E-state index contributed by atoms with van der Waals surface area (Å²) in [7, 11) is 0. The number of pyridine rings is 1. The van der Waals surface area contributed by atoms with Gasteiger partial charge in [0, 0.05) is 23.9 Å². The highest BCUT2D eigenvalue weighted by atomic mass is 19.1. The molecule has 28 heavy (non-hydrogen) atoms. The van der Waals surface area contributed by atoms with E-state index < -0.39 is 17.3 Å². The fourth-order valence-corrected chi connectivity index (χ4v) is 4.36. The van der Waals surface area contributed by atoms with Crippen molar-refractivity contribution in [1.29, 1.82) is 0 Å². The third-order valence-electron chi connectivity index (χ3n) is 6.36. The minimum absolute atomic E-state index is 0.150. The maximum absolute atomic E-state index is 15.2.